The number of carbonyl (C=O) groups excluding carboxylic acids is 1. The summed E-state index contributed by atoms with van der Waals surface area (Å²) in [5.41, 5.74) is 0.0381. The number of hydrogen-bond donors (Lipinski definition) is 0. The van der Waals surface area contributed by atoms with Gasteiger partial charge >= 0.3 is 0 Å². The molecule has 0 N–H and O–H groups in total. The van der Waals surface area contributed by atoms with Crippen LogP contribution in [0, 0.1) is 34.8 Å². The van der Waals surface area contributed by atoms with Gasteiger partial charge in [0, 0.05) is 5.56 Å². The molecule has 0 heterocycles. The van der Waals surface area contributed by atoms with Crippen molar-refractivity contribution in [2.24, 2.45) is 11.8 Å². The van der Waals surface area contributed by atoms with Crippen molar-refractivity contribution in [1.29, 1.82) is 5.26 Å². The fourth-order valence-electron chi connectivity index (χ4n) is 1.54. The maximum absolute atomic E-state index is 13.0. The van der Waals surface area contributed by atoms with Gasteiger partial charge in [-0.2, -0.15) is 5.26 Å². The molecule has 4 heteroatoms. The van der Waals surface area contributed by atoms with Gasteiger partial charge in [0.25, 0.3) is 0 Å². The highest BCUT2D eigenvalue weighted by Gasteiger charge is 2.21. The summed E-state index contributed by atoms with van der Waals surface area (Å²) < 4.78 is 25.7. The smallest absolute Gasteiger partial charge is 0.180 e. The summed E-state index contributed by atoms with van der Waals surface area (Å²) in [6, 6.07) is 4.83. The molecule has 0 amide bonds. The molecule has 1 unspecified atom stereocenters. The summed E-state index contributed by atoms with van der Waals surface area (Å²) >= 11 is 0. The molecule has 1 atom stereocenters. The van der Waals surface area contributed by atoms with E-state index in [1.54, 1.807) is 0 Å². The quantitative estimate of drug-likeness (QED) is 0.753. The molecule has 0 aliphatic rings. The fourth-order valence-corrected chi connectivity index (χ4v) is 1.54. The summed E-state index contributed by atoms with van der Waals surface area (Å²) in [5.74, 6) is -3.15. The highest BCUT2D eigenvalue weighted by molar-refractivity contribution is 5.99. The Kier molecular flexibility index (Phi) is 4.33. The molecule has 17 heavy (non-hydrogen) atoms. The van der Waals surface area contributed by atoms with Crippen molar-refractivity contribution in [2.75, 3.05) is 0 Å². The maximum Gasteiger partial charge on any atom is 0.180 e. The van der Waals surface area contributed by atoms with Gasteiger partial charge < -0.3 is 0 Å². The first kappa shape index (κ1) is 13.3. The van der Waals surface area contributed by atoms with Gasteiger partial charge in [-0.15, -0.1) is 0 Å². The number of ketones is 1. The standard InChI is InChI=1S/C13H13F2NO/c1-8(2)5-10(7-16)13(17)9-3-4-11(14)12(15)6-9/h3-4,6,8,10H,5H2,1-2H3. The lowest BCUT2D eigenvalue weighted by Crippen LogP contribution is -2.15. The average molecular weight is 237 g/mol. The van der Waals surface area contributed by atoms with Crippen molar-refractivity contribution in [3.8, 4) is 6.07 Å². The van der Waals surface area contributed by atoms with Crippen LogP contribution in [0.5, 0.6) is 0 Å². The first-order valence-corrected chi connectivity index (χ1v) is 5.34. The van der Waals surface area contributed by atoms with Gasteiger partial charge in [-0.1, -0.05) is 13.8 Å². The molecule has 0 aromatic heterocycles. The molecule has 0 saturated carbocycles. The first-order valence-electron chi connectivity index (χ1n) is 5.34. The van der Waals surface area contributed by atoms with E-state index < -0.39 is 23.3 Å². The summed E-state index contributed by atoms with van der Waals surface area (Å²) in [6.07, 6.45) is 0.411. The average Bonchev–Trinajstić information content (AvgIpc) is 2.28. The molecular formula is C13H13F2NO. The largest absolute Gasteiger partial charge is 0.293 e. The van der Waals surface area contributed by atoms with E-state index in [-0.39, 0.29) is 11.5 Å². The summed E-state index contributed by atoms with van der Waals surface area (Å²) in [7, 11) is 0. The van der Waals surface area contributed by atoms with Crippen LogP contribution in [-0.2, 0) is 0 Å². The van der Waals surface area contributed by atoms with E-state index in [0.717, 1.165) is 12.1 Å². The third-order valence-electron chi connectivity index (χ3n) is 2.38. The normalized spacial score (nSPS) is 12.2. The minimum Gasteiger partial charge on any atom is -0.293 e. The highest BCUT2D eigenvalue weighted by Crippen LogP contribution is 2.18. The maximum atomic E-state index is 13.0. The Balaban J connectivity index is 2.95. The van der Waals surface area contributed by atoms with Crippen LogP contribution in [-0.4, -0.2) is 5.78 Å². The van der Waals surface area contributed by atoms with Gasteiger partial charge in [0.2, 0.25) is 0 Å². The van der Waals surface area contributed by atoms with Gasteiger partial charge in [-0.05, 0) is 30.5 Å². The van der Waals surface area contributed by atoms with Crippen molar-refractivity contribution in [2.45, 2.75) is 20.3 Å². The Bertz CT molecular complexity index is 463. The van der Waals surface area contributed by atoms with Gasteiger partial charge in [0.1, 0.15) is 5.92 Å². The van der Waals surface area contributed by atoms with Gasteiger partial charge in [-0.3, -0.25) is 4.79 Å². The SMILES string of the molecule is CC(C)CC(C#N)C(=O)c1ccc(F)c(F)c1. The topological polar surface area (TPSA) is 40.9 Å². The minimum atomic E-state index is -1.07. The van der Waals surface area contributed by atoms with Crippen LogP contribution in [0.2, 0.25) is 0 Å². The van der Waals surface area contributed by atoms with Gasteiger partial charge in [0.15, 0.2) is 17.4 Å². The second kappa shape index (κ2) is 5.53. The molecular weight excluding hydrogens is 224 g/mol. The molecule has 0 bridgehead atoms. The molecule has 0 aliphatic heterocycles. The van der Waals surface area contributed by atoms with E-state index in [4.69, 9.17) is 5.26 Å². The predicted octanol–water partition coefficient (Wildman–Crippen LogP) is 3.33. The Morgan fingerprint density at radius 2 is 2.00 bits per heavy atom. The lowest BCUT2D eigenvalue weighted by Gasteiger charge is -2.10. The van der Waals surface area contributed by atoms with Gasteiger partial charge in [0.05, 0.1) is 6.07 Å². The zero-order chi connectivity index (χ0) is 13.0. The number of rotatable bonds is 4. The van der Waals surface area contributed by atoms with Crippen molar-refractivity contribution in [1.82, 2.24) is 0 Å². The number of nitrogens with zero attached hydrogens (tertiary/aromatic N) is 1. The Morgan fingerprint density at radius 1 is 1.35 bits per heavy atom. The lowest BCUT2D eigenvalue weighted by molar-refractivity contribution is 0.0936. The second-order valence-corrected chi connectivity index (χ2v) is 4.30. The Labute approximate surface area is 98.9 Å². The molecule has 1 aromatic carbocycles. The molecule has 0 saturated heterocycles. The van der Waals surface area contributed by atoms with Crippen molar-refractivity contribution < 1.29 is 13.6 Å². The van der Waals surface area contributed by atoms with Crippen molar-refractivity contribution in [3.63, 3.8) is 0 Å². The zero-order valence-electron chi connectivity index (χ0n) is 9.71. The Morgan fingerprint density at radius 3 is 2.47 bits per heavy atom. The molecule has 1 rings (SSSR count). The van der Waals surface area contributed by atoms with Crippen LogP contribution in [0.1, 0.15) is 30.6 Å². The van der Waals surface area contributed by atoms with Crippen molar-refractivity contribution in [3.05, 3.63) is 35.4 Å². The zero-order valence-corrected chi connectivity index (χ0v) is 9.71. The second-order valence-electron chi connectivity index (χ2n) is 4.30. The number of Topliss-reactive ketones (excluding diaryl/α,β-unsaturated/α-hetero) is 1. The Hall–Kier alpha value is -1.76. The molecule has 0 spiro atoms. The predicted molar refractivity (Wildman–Crippen MR) is 59.2 cm³/mol. The van der Waals surface area contributed by atoms with Crippen LogP contribution in [0.4, 0.5) is 8.78 Å². The first-order chi connectivity index (χ1) is 7.95. The number of benzene rings is 1. The van der Waals surface area contributed by atoms with Crippen LogP contribution in [0.15, 0.2) is 18.2 Å². The number of hydrogen-bond acceptors (Lipinski definition) is 2. The highest BCUT2D eigenvalue weighted by atomic mass is 19.2. The third-order valence-corrected chi connectivity index (χ3v) is 2.38. The van der Waals surface area contributed by atoms with Crippen LogP contribution in [0.3, 0.4) is 0 Å². The molecule has 0 fully saturated rings. The monoisotopic (exact) mass is 237 g/mol. The summed E-state index contributed by atoms with van der Waals surface area (Å²) in [5, 5.41) is 8.89. The summed E-state index contributed by atoms with van der Waals surface area (Å²) in [6.45, 7) is 3.78. The van der Waals surface area contributed by atoms with Gasteiger partial charge in [-0.25, -0.2) is 8.78 Å². The van der Waals surface area contributed by atoms with E-state index >= 15 is 0 Å². The molecule has 0 aliphatic carbocycles. The van der Waals surface area contributed by atoms with Crippen LogP contribution >= 0.6 is 0 Å². The van der Waals surface area contributed by atoms with E-state index in [2.05, 4.69) is 0 Å². The molecule has 1 aromatic rings. The molecule has 2 nitrogen and oxygen atoms in total. The number of carbonyl (C=O) groups is 1. The van der Waals surface area contributed by atoms with E-state index in [9.17, 15) is 13.6 Å². The fraction of sp³-hybridized carbons (Fsp3) is 0.385. The van der Waals surface area contributed by atoms with Crippen molar-refractivity contribution >= 4 is 5.78 Å². The van der Waals surface area contributed by atoms with E-state index in [0.29, 0.717) is 6.42 Å². The summed E-state index contributed by atoms with van der Waals surface area (Å²) in [4.78, 5) is 11.9. The lowest BCUT2D eigenvalue weighted by atomic mass is 9.91. The number of nitriles is 1. The molecule has 90 valence electrons. The van der Waals surface area contributed by atoms with Crippen LogP contribution in [0.25, 0.3) is 0 Å². The van der Waals surface area contributed by atoms with E-state index in [1.165, 1.54) is 6.07 Å². The minimum absolute atomic E-state index is 0.0381. The molecule has 0 radical (unpaired) electrons. The third kappa shape index (κ3) is 3.35. The number of halogens is 2. The van der Waals surface area contributed by atoms with Crippen LogP contribution < -0.4 is 0 Å². The van der Waals surface area contributed by atoms with E-state index in [1.807, 2.05) is 19.9 Å².